The highest BCUT2D eigenvalue weighted by Gasteiger charge is 2.25. The second-order valence-electron chi connectivity index (χ2n) is 7.46. The molecule has 0 radical (unpaired) electrons. The highest BCUT2D eigenvalue weighted by Crippen LogP contribution is 2.32. The molecule has 0 unspecified atom stereocenters. The first-order valence-corrected chi connectivity index (χ1v) is 10.1. The molecule has 3 aromatic carbocycles. The summed E-state index contributed by atoms with van der Waals surface area (Å²) in [4.78, 5) is 37.3. The minimum atomic E-state index is -0.687. The van der Waals surface area contributed by atoms with Crippen molar-refractivity contribution in [2.45, 2.75) is 26.0 Å². The number of nitrogens with zero attached hydrogens (tertiary/aromatic N) is 1. The SMILES string of the molecule is CO[C@@H](C)[C@@H](C)Nc1c(Nc2cccc(C(=O)N(C)C)c2O)c(=O)c1=O.c1ccccc1. The monoisotopic (exact) mass is 439 g/mol. The number of phenolic OH excluding ortho intramolecular Hbond substituents is 1. The summed E-state index contributed by atoms with van der Waals surface area (Å²) in [6, 6.07) is 16.4. The number of nitrogens with one attached hydrogen (secondary N) is 2. The standard InChI is InChI=1S/C18H23N3O5.C6H6/c1-9(10(2)26-5)19-13-14(17(24)16(13)23)20-12-8-6-7-11(15(12)22)18(25)21(3)4;1-2-4-6-5-3-1/h6-10,19-20,22H,1-5H3;1-6H/t9-,10+;/m1./s1. The van der Waals surface area contributed by atoms with Gasteiger partial charge in [-0.3, -0.25) is 14.4 Å². The van der Waals surface area contributed by atoms with Crippen LogP contribution in [0.1, 0.15) is 24.2 Å². The van der Waals surface area contributed by atoms with Gasteiger partial charge in [0.25, 0.3) is 16.8 Å². The number of methoxy groups -OCH3 is 1. The summed E-state index contributed by atoms with van der Waals surface area (Å²) in [5, 5.41) is 16.1. The molecule has 32 heavy (non-hydrogen) atoms. The van der Waals surface area contributed by atoms with E-state index in [0.29, 0.717) is 0 Å². The molecule has 0 aliphatic carbocycles. The van der Waals surface area contributed by atoms with Crippen LogP contribution < -0.4 is 21.5 Å². The van der Waals surface area contributed by atoms with Crippen LogP contribution in [-0.2, 0) is 4.74 Å². The number of carbonyl (C=O) groups is 1. The first-order valence-electron chi connectivity index (χ1n) is 10.1. The Morgan fingerprint density at radius 3 is 1.97 bits per heavy atom. The quantitative estimate of drug-likeness (QED) is 0.384. The van der Waals surface area contributed by atoms with Crippen molar-refractivity contribution in [2.75, 3.05) is 31.8 Å². The van der Waals surface area contributed by atoms with Crippen LogP contribution in [0.25, 0.3) is 0 Å². The molecule has 3 N–H and O–H groups in total. The minimum absolute atomic E-state index is 0.0508. The van der Waals surface area contributed by atoms with E-state index in [2.05, 4.69) is 10.6 Å². The van der Waals surface area contributed by atoms with Gasteiger partial charge in [0.1, 0.15) is 11.4 Å². The summed E-state index contributed by atoms with van der Waals surface area (Å²) in [7, 11) is 4.69. The number of aromatic hydroxyl groups is 1. The van der Waals surface area contributed by atoms with Gasteiger partial charge < -0.3 is 25.4 Å². The van der Waals surface area contributed by atoms with Crippen LogP contribution >= 0.6 is 0 Å². The van der Waals surface area contributed by atoms with Gasteiger partial charge in [0.2, 0.25) is 0 Å². The predicted molar refractivity (Wildman–Crippen MR) is 127 cm³/mol. The van der Waals surface area contributed by atoms with Crippen molar-refractivity contribution in [3.63, 3.8) is 0 Å². The third kappa shape index (κ3) is 5.73. The molecule has 170 valence electrons. The molecule has 2 atom stereocenters. The second-order valence-corrected chi connectivity index (χ2v) is 7.46. The lowest BCUT2D eigenvalue weighted by molar-refractivity contribution is 0.0824. The Morgan fingerprint density at radius 1 is 0.938 bits per heavy atom. The number of ether oxygens (including phenoxy) is 1. The maximum atomic E-state index is 12.1. The lowest BCUT2D eigenvalue weighted by atomic mass is 10.1. The summed E-state index contributed by atoms with van der Waals surface area (Å²) in [5.74, 6) is -0.666. The van der Waals surface area contributed by atoms with E-state index >= 15 is 0 Å². The summed E-state index contributed by atoms with van der Waals surface area (Å²) < 4.78 is 5.20. The molecular formula is C24H29N3O5. The molecule has 3 rings (SSSR count). The Bertz CT molecular complexity index is 1080. The van der Waals surface area contributed by atoms with Gasteiger partial charge in [0.05, 0.1) is 17.4 Å². The lowest BCUT2D eigenvalue weighted by Crippen LogP contribution is -2.41. The highest BCUT2D eigenvalue weighted by molar-refractivity contribution is 5.99. The molecule has 0 fully saturated rings. The van der Waals surface area contributed by atoms with E-state index in [1.165, 1.54) is 17.0 Å². The second kappa shape index (κ2) is 11.1. The number of hydrogen-bond acceptors (Lipinski definition) is 7. The molecule has 8 nitrogen and oxygen atoms in total. The Balaban J connectivity index is 0.000000520. The maximum absolute atomic E-state index is 12.1. The smallest absolute Gasteiger partial charge is 0.257 e. The molecule has 8 heteroatoms. The van der Waals surface area contributed by atoms with Crippen molar-refractivity contribution < 1.29 is 14.6 Å². The Hall–Kier alpha value is -3.65. The fourth-order valence-electron chi connectivity index (χ4n) is 2.78. The van der Waals surface area contributed by atoms with Crippen LogP contribution in [0.4, 0.5) is 17.1 Å². The average molecular weight is 440 g/mol. The van der Waals surface area contributed by atoms with Gasteiger partial charge in [-0.05, 0) is 26.0 Å². The van der Waals surface area contributed by atoms with Crippen molar-refractivity contribution in [1.82, 2.24) is 4.90 Å². The van der Waals surface area contributed by atoms with Gasteiger partial charge in [-0.1, -0.05) is 42.5 Å². The molecule has 1 amide bonds. The van der Waals surface area contributed by atoms with Crippen LogP contribution in [-0.4, -0.2) is 49.3 Å². The molecule has 0 spiro atoms. The molecule has 0 aliphatic heterocycles. The molecule has 0 saturated heterocycles. The van der Waals surface area contributed by atoms with E-state index in [9.17, 15) is 19.5 Å². The van der Waals surface area contributed by atoms with Crippen LogP contribution in [0, 0.1) is 0 Å². The normalized spacial score (nSPS) is 12.3. The molecule has 0 aromatic heterocycles. The topological polar surface area (TPSA) is 108 Å². The van der Waals surface area contributed by atoms with Crippen LogP contribution in [0.5, 0.6) is 5.75 Å². The van der Waals surface area contributed by atoms with Crippen molar-refractivity contribution >= 4 is 23.0 Å². The zero-order valence-electron chi connectivity index (χ0n) is 18.9. The first kappa shape index (κ1) is 24.6. The number of carbonyl (C=O) groups excluding carboxylic acids is 1. The molecular weight excluding hydrogens is 410 g/mol. The van der Waals surface area contributed by atoms with Gasteiger partial charge in [-0.2, -0.15) is 0 Å². The van der Waals surface area contributed by atoms with Crippen molar-refractivity contribution in [3.05, 3.63) is 80.6 Å². The van der Waals surface area contributed by atoms with Gasteiger partial charge in [0, 0.05) is 27.2 Å². The van der Waals surface area contributed by atoms with Crippen molar-refractivity contribution in [3.8, 4) is 5.75 Å². The number of phenols is 1. The number of anilines is 3. The number of benzene rings is 2. The van der Waals surface area contributed by atoms with Crippen LogP contribution in [0.2, 0.25) is 0 Å². The number of rotatable bonds is 7. The number of hydrogen-bond donors (Lipinski definition) is 3. The minimum Gasteiger partial charge on any atom is -0.505 e. The Labute approximate surface area is 187 Å². The molecule has 0 heterocycles. The van der Waals surface area contributed by atoms with E-state index in [-0.39, 0.29) is 46.4 Å². The van der Waals surface area contributed by atoms with Crippen LogP contribution in [0.15, 0.2) is 64.2 Å². The van der Waals surface area contributed by atoms with E-state index in [4.69, 9.17) is 4.74 Å². The average Bonchev–Trinajstić information content (AvgIpc) is 2.82. The van der Waals surface area contributed by atoms with Gasteiger partial charge in [-0.15, -0.1) is 0 Å². The molecule has 0 saturated carbocycles. The Kier molecular flexibility index (Phi) is 8.54. The fraction of sp³-hybridized carbons (Fsp3) is 0.292. The van der Waals surface area contributed by atoms with Gasteiger partial charge in [-0.25, -0.2) is 0 Å². The summed E-state index contributed by atoms with van der Waals surface area (Å²) >= 11 is 0. The van der Waals surface area contributed by atoms with E-state index in [1.54, 1.807) is 27.3 Å². The van der Waals surface area contributed by atoms with Crippen molar-refractivity contribution in [1.29, 1.82) is 0 Å². The maximum Gasteiger partial charge on any atom is 0.257 e. The summed E-state index contributed by atoms with van der Waals surface area (Å²) in [5.41, 5.74) is -0.879. The highest BCUT2D eigenvalue weighted by atomic mass is 16.5. The third-order valence-corrected chi connectivity index (χ3v) is 4.96. The summed E-state index contributed by atoms with van der Waals surface area (Å²) in [6.45, 7) is 3.65. The van der Waals surface area contributed by atoms with Gasteiger partial charge in [0.15, 0.2) is 5.75 Å². The fourth-order valence-corrected chi connectivity index (χ4v) is 2.78. The lowest BCUT2D eigenvalue weighted by Gasteiger charge is -2.23. The van der Waals surface area contributed by atoms with E-state index < -0.39 is 10.9 Å². The largest absolute Gasteiger partial charge is 0.505 e. The zero-order valence-corrected chi connectivity index (χ0v) is 18.9. The molecule has 3 aromatic rings. The van der Waals surface area contributed by atoms with Gasteiger partial charge >= 0.3 is 0 Å². The van der Waals surface area contributed by atoms with Crippen molar-refractivity contribution in [2.24, 2.45) is 0 Å². The number of amides is 1. The van der Waals surface area contributed by atoms with Crippen LogP contribution in [0.3, 0.4) is 0 Å². The zero-order chi connectivity index (χ0) is 23.8. The Morgan fingerprint density at radius 2 is 1.47 bits per heavy atom. The molecule has 0 bridgehead atoms. The first-order chi connectivity index (χ1) is 15.2. The van der Waals surface area contributed by atoms with E-state index in [1.807, 2.05) is 50.2 Å². The van der Waals surface area contributed by atoms with E-state index in [0.717, 1.165) is 0 Å². The molecule has 0 aliphatic rings. The predicted octanol–water partition coefficient (Wildman–Crippen LogP) is 2.96. The third-order valence-electron chi connectivity index (χ3n) is 4.96. The number of para-hydroxylation sites is 1. The summed E-state index contributed by atoms with van der Waals surface area (Å²) in [6.07, 6.45) is -0.179.